The average Bonchev–Trinajstić information content (AvgIpc) is 2.42. The second-order valence-electron chi connectivity index (χ2n) is 5.03. The van der Waals surface area contributed by atoms with Crippen molar-refractivity contribution in [2.75, 3.05) is 6.67 Å². The van der Waals surface area contributed by atoms with Gasteiger partial charge in [0.1, 0.15) is 12.8 Å². The van der Waals surface area contributed by atoms with Crippen molar-refractivity contribution in [2.45, 2.75) is 58.4 Å². The molecule has 0 saturated carbocycles. The molecule has 0 aromatic rings. The van der Waals surface area contributed by atoms with Crippen LogP contribution in [0.4, 0.5) is 4.39 Å². The molecule has 0 spiro atoms. The molecule has 10 heteroatoms. The molecule has 0 radical (unpaired) electrons. The van der Waals surface area contributed by atoms with Crippen molar-refractivity contribution in [1.82, 2.24) is 0 Å². The van der Waals surface area contributed by atoms with Gasteiger partial charge < -0.3 is 23.7 Å². The van der Waals surface area contributed by atoms with E-state index in [0.717, 1.165) is 27.7 Å². The van der Waals surface area contributed by atoms with Gasteiger partial charge in [-0.15, -0.1) is 0 Å². The minimum absolute atomic E-state index is 0.785. The maximum atomic E-state index is 13.3. The second-order valence-corrected chi connectivity index (χ2v) is 5.03. The standard InChI is InChI=1S/C14H19FO9/c1-6(16)20-11-10(5-15)24-14(23-9(4)19)13(22-8(3)18)12(11)21-7(2)17/h10-14H,5H2,1-4H3/t10-,11-,12+,13+,14?/m0/s1. The van der Waals surface area contributed by atoms with Gasteiger partial charge in [-0.1, -0.05) is 0 Å². The second kappa shape index (κ2) is 8.57. The lowest BCUT2D eigenvalue weighted by Gasteiger charge is -2.43. The third-order valence-electron chi connectivity index (χ3n) is 2.93. The van der Waals surface area contributed by atoms with Crippen molar-refractivity contribution in [2.24, 2.45) is 0 Å². The van der Waals surface area contributed by atoms with Crippen molar-refractivity contribution in [3.05, 3.63) is 0 Å². The fourth-order valence-electron chi connectivity index (χ4n) is 2.24. The van der Waals surface area contributed by atoms with E-state index in [9.17, 15) is 23.6 Å². The Kier molecular flexibility index (Phi) is 7.08. The summed E-state index contributed by atoms with van der Waals surface area (Å²) in [6.45, 7) is 3.14. The van der Waals surface area contributed by atoms with Crippen LogP contribution >= 0.6 is 0 Å². The van der Waals surface area contributed by atoms with Crippen LogP contribution in [0.3, 0.4) is 0 Å². The number of hydrogen-bond donors (Lipinski definition) is 0. The molecular weight excluding hydrogens is 331 g/mol. The van der Waals surface area contributed by atoms with Crippen LogP contribution in [0.25, 0.3) is 0 Å². The van der Waals surface area contributed by atoms with Gasteiger partial charge >= 0.3 is 23.9 Å². The predicted octanol–water partition coefficient (Wildman–Crippen LogP) is 0.0390. The van der Waals surface area contributed by atoms with E-state index in [4.69, 9.17) is 23.7 Å². The van der Waals surface area contributed by atoms with Gasteiger partial charge in [-0.05, 0) is 0 Å². The molecule has 0 aliphatic carbocycles. The largest absolute Gasteiger partial charge is 0.456 e. The molecule has 24 heavy (non-hydrogen) atoms. The van der Waals surface area contributed by atoms with Crippen LogP contribution in [-0.4, -0.2) is 61.3 Å². The van der Waals surface area contributed by atoms with Gasteiger partial charge in [0.15, 0.2) is 12.2 Å². The molecule has 1 saturated heterocycles. The van der Waals surface area contributed by atoms with Crippen LogP contribution in [0, 0.1) is 0 Å². The van der Waals surface area contributed by atoms with Crippen LogP contribution in [0.5, 0.6) is 0 Å². The summed E-state index contributed by atoms with van der Waals surface area (Å²) in [4.78, 5) is 45.1. The fraction of sp³-hybridized carbons (Fsp3) is 0.714. The first kappa shape index (κ1) is 19.8. The Morgan fingerprint density at radius 1 is 0.750 bits per heavy atom. The van der Waals surface area contributed by atoms with Gasteiger partial charge in [0.05, 0.1) is 0 Å². The van der Waals surface area contributed by atoms with E-state index in [0.29, 0.717) is 0 Å². The molecule has 9 nitrogen and oxygen atoms in total. The first-order chi connectivity index (χ1) is 11.1. The van der Waals surface area contributed by atoms with Gasteiger partial charge in [-0.3, -0.25) is 19.2 Å². The van der Waals surface area contributed by atoms with Crippen molar-refractivity contribution in [3.63, 3.8) is 0 Å². The third kappa shape index (κ3) is 5.44. The number of alkyl halides is 1. The van der Waals surface area contributed by atoms with Crippen LogP contribution in [0.2, 0.25) is 0 Å². The first-order valence-electron chi connectivity index (χ1n) is 7.06. The van der Waals surface area contributed by atoms with E-state index >= 15 is 0 Å². The van der Waals surface area contributed by atoms with E-state index in [2.05, 4.69) is 0 Å². The molecule has 1 fully saturated rings. The summed E-state index contributed by atoms with van der Waals surface area (Å²) in [6.07, 6.45) is -7.12. The van der Waals surface area contributed by atoms with Gasteiger partial charge in [0.25, 0.3) is 0 Å². The molecule has 1 aliphatic rings. The fourth-order valence-corrected chi connectivity index (χ4v) is 2.24. The highest BCUT2D eigenvalue weighted by Gasteiger charge is 2.53. The highest BCUT2D eigenvalue weighted by molar-refractivity contribution is 5.69. The Morgan fingerprint density at radius 3 is 1.58 bits per heavy atom. The van der Waals surface area contributed by atoms with Crippen molar-refractivity contribution in [3.8, 4) is 0 Å². The number of carbonyl (C=O) groups excluding carboxylic acids is 4. The number of esters is 4. The molecule has 5 atom stereocenters. The summed E-state index contributed by atoms with van der Waals surface area (Å²) in [5.74, 6) is -3.16. The van der Waals surface area contributed by atoms with Crippen LogP contribution in [0.15, 0.2) is 0 Å². The third-order valence-corrected chi connectivity index (χ3v) is 2.93. The summed E-state index contributed by atoms with van der Waals surface area (Å²) in [7, 11) is 0. The van der Waals surface area contributed by atoms with E-state index in [1.165, 1.54) is 0 Å². The van der Waals surface area contributed by atoms with E-state index in [1.807, 2.05) is 0 Å². The zero-order valence-electron chi connectivity index (χ0n) is 13.6. The normalized spacial score (nSPS) is 29.3. The van der Waals surface area contributed by atoms with Crippen molar-refractivity contribution in [1.29, 1.82) is 0 Å². The van der Waals surface area contributed by atoms with Crippen molar-refractivity contribution >= 4 is 23.9 Å². The summed E-state index contributed by atoms with van der Waals surface area (Å²) >= 11 is 0. The molecule has 0 aromatic heterocycles. The maximum Gasteiger partial charge on any atom is 0.305 e. The molecule has 0 N–H and O–H groups in total. The van der Waals surface area contributed by atoms with Crippen molar-refractivity contribution < 1.29 is 47.3 Å². The number of halogens is 1. The highest BCUT2D eigenvalue weighted by Crippen LogP contribution is 2.29. The molecule has 0 bridgehead atoms. The summed E-state index contributed by atoms with van der Waals surface area (Å²) in [5, 5.41) is 0. The lowest BCUT2D eigenvalue weighted by Crippen LogP contribution is -2.62. The number of ether oxygens (including phenoxy) is 5. The Morgan fingerprint density at radius 2 is 1.17 bits per heavy atom. The molecule has 0 aromatic carbocycles. The van der Waals surface area contributed by atoms with Gasteiger partial charge in [-0.2, -0.15) is 0 Å². The molecule has 1 heterocycles. The summed E-state index contributed by atoms with van der Waals surface area (Å²) in [6, 6.07) is 0. The van der Waals surface area contributed by atoms with Crippen LogP contribution in [0.1, 0.15) is 27.7 Å². The molecule has 1 unspecified atom stereocenters. The van der Waals surface area contributed by atoms with E-state index in [-0.39, 0.29) is 0 Å². The van der Waals surface area contributed by atoms with E-state index in [1.54, 1.807) is 0 Å². The Bertz CT molecular complexity index is 506. The zero-order chi connectivity index (χ0) is 18.4. The minimum Gasteiger partial charge on any atom is -0.456 e. The quantitative estimate of drug-likeness (QED) is 0.500. The predicted molar refractivity (Wildman–Crippen MR) is 73.1 cm³/mol. The van der Waals surface area contributed by atoms with Gasteiger partial charge in [0.2, 0.25) is 12.4 Å². The zero-order valence-corrected chi connectivity index (χ0v) is 13.6. The molecule has 1 aliphatic heterocycles. The average molecular weight is 350 g/mol. The minimum atomic E-state index is -1.52. The van der Waals surface area contributed by atoms with Gasteiger partial charge in [0, 0.05) is 27.7 Å². The monoisotopic (exact) mass is 350 g/mol. The Labute approximate surface area is 137 Å². The summed E-state index contributed by atoms with van der Waals surface area (Å²) < 4.78 is 38.4. The molecule has 1 rings (SSSR count). The highest BCUT2D eigenvalue weighted by atomic mass is 19.1. The van der Waals surface area contributed by atoms with Gasteiger partial charge in [-0.25, -0.2) is 4.39 Å². The lowest BCUT2D eigenvalue weighted by atomic mass is 9.98. The number of carbonyl (C=O) groups is 4. The lowest BCUT2D eigenvalue weighted by molar-refractivity contribution is -0.297. The molecule has 0 amide bonds. The topological polar surface area (TPSA) is 114 Å². The number of hydrogen-bond acceptors (Lipinski definition) is 9. The van der Waals surface area contributed by atoms with Crippen LogP contribution in [-0.2, 0) is 42.9 Å². The SMILES string of the molecule is CC(=O)OC1O[C@@H](CF)[C@H](OC(C)=O)[C@@H](OC(C)=O)[C@H]1OC(C)=O. The summed E-state index contributed by atoms with van der Waals surface area (Å²) in [5.41, 5.74) is 0. The smallest absolute Gasteiger partial charge is 0.305 e. The van der Waals surface area contributed by atoms with E-state index < -0.39 is 61.3 Å². The Balaban J connectivity index is 3.23. The molecule has 136 valence electrons. The number of rotatable bonds is 5. The molecular formula is C14H19FO9. The maximum absolute atomic E-state index is 13.3. The van der Waals surface area contributed by atoms with Crippen LogP contribution < -0.4 is 0 Å². The first-order valence-corrected chi connectivity index (χ1v) is 7.06. The Hall–Kier alpha value is -2.23.